The third-order valence-corrected chi connectivity index (χ3v) is 5.46. The average Bonchev–Trinajstić information content (AvgIpc) is 3.19. The number of sulfonamides is 1. The molecule has 0 aliphatic carbocycles. The Labute approximate surface area is 135 Å². The Kier molecular flexibility index (Phi) is 4.26. The number of hydrogen-bond acceptors (Lipinski definition) is 5. The number of rotatable bonds is 5. The number of aryl methyl sites for hydroxylation is 3. The monoisotopic (exact) mass is 339 g/mol. The lowest BCUT2D eigenvalue weighted by atomic mass is 10.1. The molecule has 0 unspecified atom stereocenters. The van der Waals surface area contributed by atoms with Crippen LogP contribution in [0.2, 0.25) is 0 Å². The van der Waals surface area contributed by atoms with Gasteiger partial charge in [-0.2, -0.15) is 0 Å². The Morgan fingerprint density at radius 2 is 2.26 bits per heavy atom. The molecule has 3 rings (SSSR count). The molecule has 2 aromatic rings. The van der Waals surface area contributed by atoms with Crippen molar-refractivity contribution in [2.75, 3.05) is 6.61 Å². The van der Waals surface area contributed by atoms with Crippen LogP contribution in [0.3, 0.4) is 0 Å². The molecule has 2 aromatic heterocycles. The first-order chi connectivity index (χ1) is 10.9. The number of ether oxygens (including phenoxy) is 1. The minimum atomic E-state index is -3.69. The highest BCUT2D eigenvalue weighted by molar-refractivity contribution is 7.89. The van der Waals surface area contributed by atoms with E-state index >= 15 is 0 Å². The maximum atomic E-state index is 12.6. The third-order valence-electron chi connectivity index (χ3n) is 4.10. The van der Waals surface area contributed by atoms with Crippen molar-refractivity contribution in [1.29, 1.82) is 0 Å². The van der Waals surface area contributed by atoms with Crippen LogP contribution >= 0.6 is 0 Å². The summed E-state index contributed by atoms with van der Waals surface area (Å²) in [5, 5.41) is 0.0296. The predicted molar refractivity (Wildman–Crippen MR) is 83.3 cm³/mol. The number of nitrogens with one attached hydrogen (secondary N) is 1. The maximum Gasteiger partial charge on any atom is 0.259 e. The zero-order valence-electron chi connectivity index (χ0n) is 13.4. The fourth-order valence-electron chi connectivity index (χ4n) is 2.73. The van der Waals surface area contributed by atoms with Gasteiger partial charge < -0.3 is 13.9 Å². The first kappa shape index (κ1) is 16.2. The van der Waals surface area contributed by atoms with Crippen LogP contribution in [-0.2, 0) is 28.4 Å². The van der Waals surface area contributed by atoms with E-state index in [2.05, 4.69) is 14.7 Å². The molecule has 126 valence electrons. The summed E-state index contributed by atoms with van der Waals surface area (Å²) >= 11 is 0. The number of aromatic nitrogens is 4. The van der Waals surface area contributed by atoms with Gasteiger partial charge in [-0.15, -0.1) is 0 Å². The minimum Gasteiger partial charge on any atom is -0.369 e. The largest absolute Gasteiger partial charge is 0.369 e. The molecule has 8 nitrogen and oxygen atoms in total. The first-order valence-corrected chi connectivity index (χ1v) is 9.05. The molecule has 0 amide bonds. The summed E-state index contributed by atoms with van der Waals surface area (Å²) in [5.41, 5.74) is 0. The Balaban J connectivity index is 1.83. The Hall–Kier alpha value is -1.71. The van der Waals surface area contributed by atoms with E-state index in [1.807, 2.05) is 17.7 Å². The summed E-state index contributed by atoms with van der Waals surface area (Å²) in [7, 11) is -1.92. The van der Waals surface area contributed by atoms with Crippen molar-refractivity contribution in [3.63, 3.8) is 0 Å². The topological polar surface area (TPSA) is 91.0 Å². The number of nitrogens with zero attached hydrogens (tertiary/aromatic N) is 4. The second-order valence-corrected chi connectivity index (χ2v) is 7.28. The summed E-state index contributed by atoms with van der Waals surface area (Å²) in [6.07, 6.45) is 5.30. The lowest BCUT2D eigenvalue weighted by Gasteiger charge is -2.19. The molecule has 3 heterocycles. The van der Waals surface area contributed by atoms with Crippen LogP contribution in [0.15, 0.2) is 23.6 Å². The van der Waals surface area contributed by atoms with Crippen molar-refractivity contribution in [2.45, 2.75) is 44.0 Å². The summed E-state index contributed by atoms with van der Waals surface area (Å²) in [6.45, 7) is 5.03. The second kappa shape index (κ2) is 6.06. The second-order valence-electron chi connectivity index (χ2n) is 5.62. The average molecular weight is 339 g/mol. The van der Waals surface area contributed by atoms with Gasteiger partial charge in [0.2, 0.25) is 0 Å². The van der Waals surface area contributed by atoms with Crippen molar-refractivity contribution in [1.82, 2.24) is 23.8 Å². The molecule has 1 N–H and O–H groups in total. The van der Waals surface area contributed by atoms with Gasteiger partial charge in [0.15, 0.2) is 5.03 Å². The molecular weight excluding hydrogens is 318 g/mol. The molecule has 1 saturated heterocycles. The van der Waals surface area contributed by atoms with Crippen molar-refractivity contribution in [3.8, 4) is 0 Å². The highest BCUT2D eigenvalue weighted by atomic mass is 32.2. The van der Waals surface area contributed by atoms with Gasteiger partial charge in [0.05, 0.1) is 6.04 Å². The van der Waals surface area contributed by atoms with Crippen molar-refractivity contribution >= 4 is 10.0 Å². The highest BCUT2D eigenvalue weighted by Gasteiger charge is 2.36. The van der Waals surface area contributed by atoms with Gasteiger partial charge in [-0.1, -0.05) is 0 Å². The van der Waals surface area contributed by atoms with E-state index in [1.165, 1.54) is 6.20 Å². The Morgan fingerprint density at radius 3 is 2.91 bits per heavy atom. The van der Waals surface area contributed by atoms with Crippen LogP contribution in [0.4, 0.5) is 0 Å². The fourth-order valence-corrected chi connectivity index (χ4v) is 4.04. The van der Waals surface area contributed by atoms with Gasteiger partial charge in [-0.05, 0) is 20.3 Å². The van der Waals surface area contributed by atoms with Gasteiger partial charge in [0.1, 0.15) is 17.8 Å². The summed E-state index contributed by atoms with van der Waals surface area (Å²) in [5.74, 6) is 1.39. The quantitative estimate of drug-likeness (QED) is 0.868. The van der Waals surface area contributed by atoms with Crippen LogP contribution in [-0.4, -0.2) is 40.2 Å². The zero-order valence-corrected chi connectivity index (χ0v) is 14.2. The molecule has 2 atom stereocenters. The van der Waals surface area contributed by atoms with E-state index in [4.69, 9.17) is 4.74 Å². The van der Waals surface area contributed by atoms with E-state index in [9.17, 15) is 8.42 Å². The van der Waals surface area contributed by atoms with E-state index in [-0.39, 0.29) is 17.2 Å². The van der Waals surface area contributed by atoms with Crippen molar-refractivity contribution in [3.05, 3.63) is 30.2 Å². The Morgan fingerprint density at radius 1 is 1.48 bits per heavy atom. The van der Waals surface area contributed by atoms with E-state index in [0.29, 0.717) is 18.9 Å². The molecule has 1 aliphatic heterocycles. The molecule has 0 spiro atoms. The third kappa shape index (κ3) is 3.04. The number of hydrogen-bond donors (Lipinski definition) is 1. The van der Waals surface area contributed by atoms with Crippen LogP contribution in [0, 0.1) is 6.92 Å². The molecule has 0 radical (unpaired) electrons. The van der Waals surface area contributed by atoms with Crippen LogP contribution in [0.5, 0.6) is 0 Å². The van der Waals surface area contributed by atoms with E-state index in [0.717, 1.165) is 12.4 Å². The van der Waals surface area contributed by atoms with Gasteiger partial charge in [-0.3, -0.25) is 0 Å². The van der Waals surface area contributed by atoms with Gasteiger partial charge >= 0.3 is 0 Å². The van der Waals surface area contributed by atoms with E-state index in [1.54, 1.807) is 24.7 Å². The van der Waals surface area contributed by atoms with Crippen LogP contribution < -0.4 is 4.72 Å². The zero-order chi connectivity index (χ0) is 16.6. The molecule has 0 aromatic carbocycles. The molecular formula is C14H21N5O3S. The summed E-state index contributed by atoms with van der Waals surface area (Å²) < 4.78 is 37.2. The fraction of sp³-hybridized carbons (Fsp3) is 0.571. The van der Waals surface area contributed by atoms with Crippen LogP contribution in [0.1, 0.15) is 31.1 Å². The van der Waals surface area contributed by atoms with Gasteiger partial charge in [-0.25, -0.2) is 23.1 Å². The maximum absolute atomic E-state index is 12.6. The Bertz CT molecular complexity index is 776. The van der Waals surface area contributed by atoms with Gasteiger partial charge in [0.25, 0.3) is 10.0 Å². The molecule has 23 heavy (non-hydrogen) atoms. The van der Waals surface area contributed by atoms with Crippen molar-refractivity contribution < 1.29 is 13.2 Å². The van der Waals surface area contributed by atoms with Gasteiger partial charge in [0, 0.05) is 38.8 Å². The predicted octanol–water partition coefficient (Wildman–Crippen LogP) is 0.753. The molecule has 9 heteroatoms. The smallest absolute Gasteiger partial charge is 0.259 e. The highest BCUT2D eigenvalue weighted by Crippen LogP contribution is 2.29. The molecule has 1 fully saturated rings. The normalized spacial score (nSPS) is 21.9. The molecule has 1 aliphatic rings. The first-order valence-electron chi connectivity index (χ1n) is 7.57. The van der Waals surface area contributed by atoms with Crippen LogP contribution in [0.25, 0.3) is 0 Å². The SMILES string of the molecule is CCn1ccnc1[C@H]1OCC[C@@H]1NS(=O)(=O)c1cn(C)c(C)n1. The summed E-state index contributed by atoms with van der Waals surface area (Å²) in [4.78, 5) is 8.42. The number of imidazole rings is 2. The van der Waals surface area contributed by atoms with E-state index < -0.39 is 10.0 Å². The lowest BCUT2D eigenvalue weighted by Crippen LogP contribution is -2.37. The van der Waals surface area contributed by atoms with Crippen molar-refractivity contribution in [2.24, 2.45) is 7.05 Å². The lowest BCUT2D eigenvalue weighted by molar-refractivity contribution is 0.0925. The molecule has 0 bridgehead atoms. The minimum absolute atomic E-state index is 0.0296. The summed E-state index contributed by atoms with van der Waals surface area (Å²) in [6, 6.07) is -0.352. The standard InChI is InChI=1S/C14H21N5O3S/c1-4-19-7-6-15-14(19)13-11(5-8-22-13)17-23(20,21)12-9-18(3)10(2)16-12/h6-7,9,11,13,17H,4-5,8H2,1-3H3/t11-,13-/m0/s1. The molecule has 0 saturated carbocycles.